The second kappa shape index (κ2) is 8.83. The molecule has 10 heteroatoms. The Morgan fingerprint density at radius 3 is 2.81 bits per heavy atom. The van der Waals surface area contributed by atoms with Gasteiger partial charge >= 0.3 is 0 Å². The molecule has 0 bridgehead atoms. The Morgan fingerprint density at radius 2 is 2.04 bits per heavy atom. The van der Waals surface area contributed by atoms with Gasteiger partial charge in [-0.05, 0) is 37.7 Å². The van der Waals surface area contributed by atoms with E-state index in [4.69, 9.17) is 5.73 Å². The summed E-state index contributed by atoms with van der Waals surface area (Å²) in [6.45, 7) is 2.93. The summed E-state index contributed by atoms with van der Waals surface area (Å²) in [6.07, 6.45) is 4.98. The lowest BCUT2D eigenvalue weighted by Gasteiger charge is -2.11. The molecule has 3 rings (SSSR count). The fourth-order valence-corrected chi connectivity index (χ4v) is 5.66. The molecule has 0 aliphatic heterocycles. The highest BCUT2D eigenvalue weighted by atomic mass is 32.2. The lowest BCUT2D eigenvalue weighted by Crippen LogP contribution is -2.19. The van der Waals surface area contributed by atoms with E-state index in [0.717, 1.165) is 53.7 Å². The first kappa shape index (κ1) is 19.1. The first-order valence-electron chi connectivity index (χ1n) is 8.52. The maximum atomic E-state index is 12.3. The lowest BCUT2D eigenvalue weighted by molar-refractivity contribution is -0.113. The Labute approximate surface area is 164 Å². The maximum Gasteiger partial charge on any atom is 0.251 e. The van der Waals surface area contributed by atoms with Crippen LogP contribution in [0.1, 0.15) is 47.0 Å². The van der Waals surface area contributed by atoms with Gasteiger partial charge < -0.3 is 16.4 Å². The number of thiophene rings is 1. The average molecular weight is 412 g/mol. The second-order valence-corrected chi connectivity index (χ2v) is 9.22. The predicted octanol–water partition coefficient (Wildman–Crippen LogP) is 3.13. The van der Waals surface area contributed by atoms with Gasteiger partial charge in [-0.1, -0.05) is 30.0 Å². The predicted molar refractivity (Wildman–Crippen MR) is 108 cm³/mol. The fourth-order valence-electron chi connectivity index (χ4n) is 2.78. The summed E-state index contributed by atoms with van der Waals surface area (Å²) < 4.78 is 0.736. The molecule has 7 nitrogen and oxygen atoms in total. The maximum absolute atomic E-state index is 12.3. The average Bonchev–Trinajstić information content (AvgIpc) is 3.21. The lowest BCUT2D eigenvalue weighted by atomic mass is 9.95. The summed E-state index contributed by atoms with van der Waals surface area (Å²) in [5, 5.41) is 15.5. The highest BCUT2D eigenvalue weighted by Gasteiger charge is 2.25. The molecule has 0 spiro atoms. The minimum absolute atomic E-state index is 0.172. The van der Waals surface area contributed by atoms with E-state index in [2.05, 4.69) is 27.8 Å². The van der Waals surface area contributed by atoms with Gasteiger partial charge in [0.2, 0.25) is 11.0 Å². The molecule has 0 saturated carbocycles. The second-order valence-electron chi connectivity index (χ2n) is 5.92. The van der Waals surface area contributed by atoms with E-state index in [-0.39, 0.29) is 11.7 Å². The minimum Gasteiger partial charge on any atom is -0.365 e. The van der Waals surface area contributed by atoms with E-state index in [1.54, 1.807) is 0 Å². The molecule has 1 aliphatic carbocycles. The molecule has 0 unspecified atom stereocenters. The van der Waals surface area contributed by atoms with E-state index in [1.165, 1.54) is 39.3 Å². The van der Waals surface area contributed by atoms with Gasteiger partial charge in [-0.25, -0.2) is 0 Å². The first-order chi connectivity index (χ1) is 12.6. The van der Waals surface area contributed by atoms with Crippen molar-refractivity contribution < 1.29 is 9.59 Å². The number of fused-ring (bicyclic) bond motifs is 1. The van der Waals surface area contributed by atoms with Crippen LogP contribution in [0.2, 0.25) is 0 Å². The monoisotopic (exact) mass is 411 g/mol. The number of aryl methyl sites for hydroxylation is 1. The molecule has 0 aromatic carbocycles. The van der Waals surface area contributed by atoms with Crippen molar-refractivity contribution in [1.29, 1.82) is 0 Å². The van der Waals surface area contributed by atoms with E-state index in [0.29, 0.717) is 10.6 Å². The third-order valence-electron chi connectivity index (χ3n) is 3.93. The molecule has 0 saturated heterocycles. The third kappa shape index (κ3) is 4.54. The molecule has 2 aromatic rings. The Kier molecular flexibility index (Phi) is 6.49. The molecule has 2 amide bonds. The largest absolute Gasteiger partial charge is 0.365 e. The van der Waals surface area contributed by atoms with Crippen molar-refractivity contribution in [2.45, 2.75) is 43.4 Å². The van der Waals surface area contributed by atoms with Gasteiger partial charge in [-0.15, -0.1) is 21.5 Å². The molecule has 0 fully saturated rings. The number of nitrogens with one attached hydrogen (secondary N) is 2. The first-order valence-corrected chi connectivity index (χ1v) is 11.1. The van der Waals surface area contributed by atoms with Crippen LogP contribution in [0, 0.1) is 0 Å². The van der Waals surface area contributed by atoms with Crippen molar-refractivity contribution in [2.75, 3.05) is 22.9 Å². The standard InChI is InChI=1S/C16H21N5O2S3/c1-2-7-18-15-20-21-16(26-15)24-8-11(22)19-14-12(13(17)23)9-5-3-4-6-10(9)25-14/h2-8H2,1H3,(H2,17,23)(H,18,20)(H,19,22). The van der Waals surface area contributed by atoms with E-state index in [1.807, 2.05) is 0 Å². The Hall–Kier alpha value is -1.65. The third-order valence-corrected chi connectivity index (χ3v) is 7.15. The SMILES string of the molecule is CCCNc1nnc(SCC(=O)Nc2sc3c(c2C(N)=O)CCCC3)s1. The number of amides is 2. The van der Waals surface area contributed by atoms with Crippen LogP contribution in [0.4, 0.5) is 10.1 Å². The number of anilines is 2. The number of primary amides is 1. The van der Waals surface area contributed by atoms with Crippen molar-refractivity contribution in [3.8, 4) is 0 Å². The number of thioether (sulfide) groups is 1. The van der Waals surface area contributed by atoms with Crippen LogP contribution >= 0.6 is 34.4 Å². The summed E-state index contributed by atoms with van der Waals surface area (Å²) in [5.41, 5.74) is 7.07. The zero-order valence-corrected chi connectivity index (χ0v) is 16.9. The van der Waals surface area contributed by atoms with Gasteiger partial charge in [-0.2, -0.15) is 0 Å². The van der Waals surface area contributed by atoms with E-state index < -0.39 is 5.91 Å². The number of nitrogens with two attached hydrogens (primary N) is 1. The highest BCUT2D eigenvalue weighted by Crippen LogP contribution is 2.38. The molecule has 4 N–H and O–H groups in total. The molecule has 2 heterocycles. The fraction of sp³-hybridized carbons (Fsp3) is 0.500. The Bertz CT molecular complexity index is 802. The number of rotatable bonds is 8. The zero-order valence-electron chi connectivity index (χ0n) is 14.5. The Morgan fingerprint density at radius 1 is 1.23 bits per heavy atom. The van der Waals surface area contributed by atoms with Gasteiger partial charge in [0.05, 0.1) is 11.3 Å². The van der Waals surface area contributed by atoms with Gasteiger partial charge in [0, 0.05) is 11.4 Å². The molecule has 140 valence electrons. The number of carbonyl (C=O) groups is 2. The molecular formula is C16H21N5O2S3. The van der Waals surface area contributed by atoms with Gasteiger partial charge in [0.25, 0.3) is 5.91 Å². The Balaban J connectivity index is 1.60. The van der Waals surface area contributed by atoms with Crippen LogP contribution in [0.15, 0.2) is 4.34 Å². The van der Waals surface area contributed by atoms with Gasteiger partial charge in [0.15, 0.2) is 4.34 Å². The quantitative estimate of drug-likeness (QED) is 0.576. The minimum atomic E-state index is -0.469. The highest BCUT2D eigenvalue weighted by molar-refractivity contribution is 8.01. The smallest absolute Gasteiger partial charge is 0.251 e. The van der Waals surface area contributed by atoms with Crippen LogP contribution < -0.4 is 16.4 Å². The van der Waals surface area contributed by atoms with Crippen molar-refractivity contribution in [2.24, 2.45) is 5.73 Å². The van der Waals surface area contributed by atoms with Gasteiger partial charge in [0.1, 0.15) is 5.00 Å². The summed E-state index contributed by atoms with van der Waals surface area (Å²) in [7, 11) is 0. The van der Waals surface area contributed by atoms with Crippen LogP contribution in [-0.4, -0.2) is 34.3 Å². The molecular weight excluding hydrogens is 390 g/mol. The molecule has 1 aliphatic rings. The zero-order chi connectivity index (χ0) is 18.5. The number of carbonyl (C=O) groups excluding carboxylic acids is 2. The van der Waals surface area contributed by atoms with Crippen LogP contribution in [-0.2, 0) is 17.6 Å². The van der Waals surface area contributed by atoms with Crippen LogP contribution in [0.5, 0.6) is 0 Å². The van der Waals surface area contributed by atoms with Crippen molar-refractivity contribution in [3.05, 3.63) is 16.0 Å². The number of hydrogen-bond acceptors (Lipinski definition) is 8. The number of aromatic nitrogens is 2. The van der Waals surface area contributed by atoms with E-state index in [9.17, 15) is 9.59 Å². The molecule has 0 atom stereocenters. The van der Waals surface area contributed by atoms with E-state index >= 15 is 0 Å². The summed E-state index contributed by atoms with van der Waals surface area (Å²) in [4.78, 5) is 25.3. The van der Waals surface area contributed by atoms with Gasteiger partial charge in [-0.3, -0.25) is 9.59 Å². The van der Waals surface area contributed by atoms with Crippen molar-refractivity contribution in [3.63, 3.8) is 0 Å². The summed E-state index contributed by atoms with van der Waals surface area (Å²) in [6, 6.07) is 0. The number of hydrogen-bond donors (Lipinski definition) is 3. The normalized spacial score (nSPS) is 13.3. The topological polar surface area (TPSA) is 110 Å². The molecule has 0 radical (unpaired) electrons. The number of nitrogens with zero attached hydrogens (tertiary/aromatic N) is 2. The summed E-state index contributed by atoms with van der Waals surface area (Å²) in [5.74, 6) is -0.430. The van der Waals surface area contributed by atoms with Crippen molar-refractivity contribution in [1.82, 2.24) is 10.2 Å². The van der Waals surface area contributed by atoms with Crippen LogP contribution in [0.3, 0.4) is 0 Å². The van der Waals surface area contributed by atoms with Crippen LogP contribution in [0.25, 0.3) is 0 Å². The molecule has 2 aromatic heterocycles. The molecule has 26 heavy (non-hydrogen) atoms. The summed E-state index contributed by atoms with van der Waals surface area (Å²) >= 11 is 4.24. The van der Waals surface area contributed by atoms with Crippen molar-refractivity contribution >= 4 is 56.4 Å².